The van der Waals surface area contributed by atoms with Crippen molar-refractivity contribution in [1.29, 1.82) is 0 Å². The van der Waals surface area contributed by atoms with Crippen LogP contribution in [0.25, 0.3) is 21.8 Å². The van der Waals surface area contributed by atoms with Gasteiger partial charge in [0.25, 0.3) is 10.0 Å². The highest BCUT2D eigenvalue weighted by Gasteiger charge is 2.21. The van der Waals surface area contributed by atoms with Crippen molar-refractivity contribution in [2.45, 2.75) is 11.4 Å². The second kappa shape index (κ2) is 9.31. The molecule has 0 aliphatic rings. The fraction of sp³-hybridized carbons (Fsp3) is 0.0714. The van der Waals surface area contributed by atoms with Crippen LogP contribution in [0, 0.1) is 0 Å². The number of anilines is 1. The molecular weight excluding hydrogens is 476 g/mol. The summed E-state index contributed by atoms with van der Waals surface area (Å²) in [5.41, 5.74) is 1.62. The van der Waals surface area contributed by atoms with Crippen LogP contribution in [0.15, 0.2) is 113 Å². The number of benzene rings is 4. The van der Waals surface area contributed by atoms with Gasteiger partial charge in [0, 0.05) is 17.8 Å². The van der Waals surface area contributed by atoms with Gasteiger partial charge in [-0.25, -0.2) is 13.2 Å². The van der Waals surface area contributed by atoms with E-state index in [4.69, 9.17) is 4.74 Å². The molecule has 0 aliphatic heterocycles. The summed E-state index contributed by atoms with van der Waals surface area (Å²) in [5.74, 6) is -0.240. The van der Waals surface area contributed by atoms with E-state index >= 15 is 0 Å². The van der Waals surface area contributed by atoms with Gasteiger partial charge in [-0.3, -0.25) is 9.10 Å². The van der Waals surface area contributed by atoms with Gasteiger partial charge in [-0.15, -0.1) is 0 Å². The summed E-state index contributed by atoms with van der Waals surface area (Å²) in [6, 6.07) is 28.7. The summed E-state index contributed by atoms with van der Waals surface area (Å²) in [7, 11) is -2.25. The number of hydrogen-bond acceptors (Lipinski definition) is 5. The first-order valence-electron chi connectivity index (χ1n) is 11.2. The average molecular weight is 499 g/mol. The van der Waals surface area contributed by atoms with Crippen LogP contribution in [0.1, 0.15) is 0 Å². The van der Waals surface area contributed by atoms with Crippen molar-refractivity contribution in [2.75, 3.05) is 11.4 Å². The summed E-state index contributed by atoms with van der Waals surface area (Å²) in [4.78, 5) is 26.0. The van der Waals surface area contributed by atoms with E-state index in [0.29, 0.717) is 27.5 Å². The van der Waals surface area contributed by atoms with Crippen molar-refractivity contribution >= 4 is 43.5 Å². The number of aromatic nitrogens is 1. The van der Waals surface area contributed by atoms with Gasteiger partial charge in [0.2, 0.25) is 0 Å². The zero-order chi connectivity index (χ0) is 25.3. The minimum atomic E-state index is -3.72. The van der Waals surface area contributed by atoms with E-state index in [1.165, 1.54) is 23.5 Å². The van der Waals surface area contributed by atoms with Gasteiger partial charge in [-0.1, -0.05) is 42.5 Å². The maximum atomic E-state index is 12.9. The largest absolute Gasteiger partial charge is 0.425 e. The maximum Gasteiger partial charge on any atom is 0.331 e. The molecule has 0 atom stereocenters. The number of sulfonamides is 1. The topological polar surface area (TPSA) is 85.7 Å². The summed E-state index contributed by atoms with van der Waals surface area (Å²) >= 11 is 0. The van der Waals surface area contributed by atoms with Crippen molar-refractivity contribution in [1.82, 2.24) is 4.57 Å². The Kier molecular flexibility index (Phi) is 6.03. The van der Waals surface area contributed by atoms with E-state index in [2.05, 4.69) is 0 Å². The number of hydrogen-bond donors (Lipinski definition) is 0. The van der Waals surface area contributed by atoms with Gasteiger partial charge in [0.1, 0.15) is 12.3 Å². The molecule has 0 saturated heterocycles. The molecule has 0 fully saturated rings. The molecule has 0 bridgehead atoms. The molecule has 0 spiro atoms. The predicted octanol–water partition coefficient (Wildman–Crippen LogP) is 4.59. The number of esters is 1. The minimum absolute atomic E-state index is 0.0871. The highest BCUT2D eigenvalue weighted by molar-refractivity contribution is 7.92. The summed E-state index contributed by atoms with van der Waals surface area (Å²) < 4.78 is 34.2. The molecular formula is C28H22N2O5S. The lowest BCUT2D eigenvalue weighted by Crippen LogP contribution is -2.26. The Balaban J connectivity index is 1.39. The van der Waals surface area contributed by atoms with Crippen molar-refractivity contribution in [3.05, 3.63) is 113 Å². The van der Waals surface area contributed by atoms with Crippen LogP contribution >= 0.6 is 0 Å². The Bertz CT molecular complexity index is 1680. The SMILES string of the molecule is CN(c1ccc(OC(=O)Cn2c3ccccc3c(=O)c3ccccc32)cc1)S(=O)(=O)c1ccccc1. The van der Waals surface area contributed by atoms with Crippen LogP contribution in [0.2, 0.25) is 0 Å². The normalized spacial score (nSPS) is 11.5. The van der Waals surface area contributed by atoms with Crippen molar-refractivity contribution in [2.24, 2.45) is 0 Å². The Morgan fingerprint density at radius 2 is 1.31 bits per heavy atom. The zero-order valence-electron chi connectivity index (χ0n) is 19.4. The third kappa shape index (κ3) is 4.23. The van der Waals surface area contributed by atoms with Gasteiger partial charge in [-0.2, -0.15) is 0 Å². The second-order valence-electron chi connectivity index (χ2n) is 8.20. The summed E-state index contributed by atoms with van der Waals surface area (Å²) in [6.07, 6.45) is 0. The minimum Gasteiger partial charge on any atom is -0.425 e. The maximum absolute atomic E-state index is 12.9. The molecule has 7 nitrogen and oxygen atoms in total. The fourth-order valence-electron chi connectivity index (χ4n) is 4.15. The van der Waals surface area contributed by atoms with E-state index in [1.807, 2.05) is 12.1 Å². The molecule has 0 amide bonds. The number of nitrogens with zero attached hydrogens (tertiary/aromatic N) is 2. The molecule has 8 heteroatoms. The molecule has 36 heavy (non-hydrogen) atoms. The Labute approximate surface area is 207 Å². The van der Waals surface area contributed by atoms with Crippen LogP contribution < -0.4 is 14.5 Å². The van der Waals surface area contributed by atoms with Crippen molar-refractivity contribution in [3.8, 4) is 5.75 Å². The molecule has 180 valence electrons. The molecule has 0 N–H and O–H groups in total. The molecule has 5 rings (SSSR count). The second-order valence-corrected chi connectivity index (χ2v) is 10.2. The summed E-state index contributed by atoms with van der Waals surface area (Å²) in [6.45, 7) is -0.106. The molecule has 1 heterocycles. The van der Waals surface area contributed by atoms with Crippen molar-refractivity contribution < 1.29 is 17.9 Å². The zero-order valence-corrected chi connectivity index (χ0v) is 20.2. The van der Waals surface area contributed by atoms with E-state index in [1.54, 1.807) is 83.4 Å². The number of rotatable bonds is 6. The van der Waals surface area contributed by atoms with Crippen LogP contribution in [-0.4, -0.2) is 26.0 Å². The molecule has 4 aromatic carbocycles. The number of carbonyl (C=O) groups excluding carboxylic acids is 1. The van der Waals surface area contributed by atoms with Gasteiger partial charge in [-0.05, 0) is 60.7 Å². The molecule has 0 radical (unpaired) electrons. The predicted molar refractivity (Wildman–Crippen MR) is 140 cm³/mol. The smallest absolute Gasteiger partial charge is 0.331 e. The lowest BCUT2D eigenvalue weighted by Gasteiger charge is -2.20. The number of carbonyl (C=O) groups is 1. The van der Waals surface area contributed by atoms with Crippen LogP contribution in [-0.2, 0) is 21.4 Å². The molecule has 1 aromatic heterocycles. The molecule has 0 aliphatic carbocycles. The highest BCUT2D eigenvalue weighted by atomic mass is 32.2. The first-order valence-corrected chi connectivity index (χ1v) is 12.7. The average Bonchev–Trinajstić information content (AvgIpc) is 2.91. The lowest BCUT2D eigenvalue weighted by atomic mass is 10.1. The standard InChI is InChI=1S/C28H22N2O5S/c1-29(36(33,34)22-9-3-2-4-10-22)20-15-17-21(18-16-20)35-27(31)19-30-25-13-7-5-11-23(25)28(32)24-12-6-8-14-26(24)30/h2-18H,19H2,1H3. The highest BCUT2D eigenvalue weighted by Crippen LogP contribution is 2.25. The van der Waals surface area contributed by atoms with Gasteiger partial charge in [0.15, 0.2) is 5.43 Å². The number of ether oxygens (including phenoxy) is 1. The van der Waals surface area contributed by atoms with Crippen LogP contribution in [0.5, 0.6) is 5.75 Å². The quantitative estimate of drug-likeness (QED) is 0.194. The van der Waals surface area contributed by atoms with Crippen LogP contribution in [0.4, 0.5) is 5.69 Å². The van der Waals surface area contributed by atoms with Gasteiger partial charge >= 0.3 is 5.97 Å². The molecule has 5 aromatic rings. The fourth-order valence-corrected chi connectivity index (χ4v) is 5.37. The molecule has 0 saturated carbocycles. The van der Waals surface area contributed by atoms with E-state index < -0.39 is 16.0 Å². The third-order valence-corrected chi connectivity index (χ3v) is 7.80. The van der Waals surface area contributed by atoms with Gasteiger partial charge in [0.05, 0.1) is 21.6 Å². The monoisotopic (exact) mass is 498 g/mol. The summed E-state index contributed by atoms with van der Waals surface area (Å²) in [5, 5.41) is 1.05. The first-order chi connectivity index (χ1) is 17.4. The van der Waals surface area contributed by atoms with Gasteiger partial charge < -0.3 is 9.30 Å². The lowest BCUT2D eigenvalue weighted by molar-refractivity contribution is -0.134. The Morgan fingerprint density at radius 3 is 1.89 bits per heavy atom. The van der Waals surface area contributed by atoms with E-state index in [0.717, 1.165) is 0 Å². The third-order valence-electron chi connectivity index (χ3n) is 6.00. The number of pyridine rings is 1. The van der Waals surface area contributed by atoms with E-state index in [-0.39, 0.29) is 22.6 Å². The first kappa shape index (κ1) is 23.3. The van der Waals surface area contributed by atoms with E-state index in [9.17, 15) is 18.0 Å². The number of para-hydroxylation sites is 2. The Hall–Kier alpha value is -4.43. The van der Waals surface area contributed by atoms with Crippen molar-refractivity contribution in [3.63, 3.8) is 0 Å². The number of fused-ring (bicyclic) bond motifs is 2. The van der Waals surface area contributed by atoms with Crippen LogP contribution in [0.3, 0.4) is 0 Å². The molecule has 0 unspecified atom stereocenters. The Morgan fingerprint density at radius 1 is 0.778 bits per heavy atom.